The van der Waals surface area contributed by atoms with E-state index in [0.29, 0.717) is 30.9 Å². The van der Waals surface area contributed by atoms with Gasteiger partial charge in [0.1, 0.15) is 0 Å². The first-order valence-electron chi connectivity index (χ1n) is 7.06. The van der Waals surface area contributed by atoms with E-state index >= 15 is 0 Å². The quantitative estimate of drug-likeness (QED) is 0.834. The summed E-state index contributed by atoms with van der Waals surface area (Å²) in [5, 5.41) is 0. The SMILES string of the molecule is CCC(C)CC(=O)N1CCCC(=O)c2ccccc21. The highest BCUT2D eigenvalue weighted by molar-refractivity contribution is 6.06. The van der Waals surface area contributed by atoms with Gasteiger partial charge in [-0.15, -0.1) is 0 Å². The lowest BCUT2D eigenvalue weighted by Crippen LogP contribution is -2.32. The number of anilines is 1. The van der Waals surface area contributed by atoms with Crippen LogP contribution in [-0.4, -0.2) is 18.2 Å². The second kappa shape index (κ2) is 6.00. The number of hydrogen-bond acceptors (Lipinski definition) is 2. The minimum atomic E-state index is 0.136. The third-order valence-corrected chi connectivity index (χ3v) is 3.80. The number of Topliss-reactive ketones (excluding diaryl/α,β-unsaturated/α-hetero) is 1. The van der Waals surface area contributed by atoms with Crippen LogP contribution in [0.3, 0.4) is 0 Å². The van der Waals surface area contributed by atoms with E-state index in [-0.39, 0.29) is 11.7 Å². The molecule has 3 nitrogen and oxygen atoms in total. The molecule has 2 rings (SSSR count). The van der Waals surface area contributed by atoms with Gasteiger partial charge in [-0.2, -0.15) is 0 Å². The summed E-state index contributed by atoms with van der Waals surface area (Å²) in [4.78, 5) is 26.2. The van der Waals surface area contributed by atoms with Crippen molar-refractivity contribution in [2.75, 3.05) is 11.4 Å². The van der Waals surface area contributed by atoms with Crippen LogP contribution in [-0.2, 0) is 4.79 Å². The van der Waals surface area contributed by atoms with Crippen molar-refractivity contribution in [2.45, 2.75) is 39.5 Å². The van der Waals surface area contributed by atoms with Gasteiger partial charge in [0, 0.05) is 24.9 Å². The molecule has 0 fully saturated rings. The predicted octanol–water partition coefficient (Wildman–Crippen LogP) is 3.43. The molecule has 0 spiro atoms. The van der Waals surface area contributed by atoms with Crippen molar-refractivity contribution in [3.8, 4) is 0 Å². The molecule has 19 heavy (non-hydrogen) atoms. The van der Waals surface area contributed by atoms with E-state index in [4.69, 9.17) is 0 Å². The summed E-state index contributed by atoms with van der Waals surface area (Å²) in [5.41, 5.74) is 1.48. The average molecular weight is 259 g/mol. The molecule has 1 atom stereocenters. The van der Waals surface area contributed by atoms with Crippen LogP contribution in [0.1, 0.15) is 49.9 Å². The third-order valence-electron chi connectivity index (χ3n) is 3.80. The van der Waals surface area contributed by atoms with Crippen molar-refractivity contribution in [1.82, 2.24) is 0 Å². The van der Waals surface area contributed by atoms with Gasteiger partial charge >= 0.3 is 0 Å². The standard InChI is InChI=1S/C16H21NO2/c1-3-12(2)11-16(19)17-10-6-9-15(18)13-7-4-5-8-14(13)17/h4-5,7-8,12H,3,6,9-11H2,1-2H3. The Bertz CT molecular complexity index is 481. The first-order valence-corrected chi connectivity index (χ1v) is 7.06. The van der Waals surface area contributed by atoms with E-state index in [9.17, 15) is 9.59 Å². The number of carbonyl (C=O) groups is 2. The molecule has 3 heteroatoms. The summed E-state index contributed by atoms with van der Waals surface area (Å²) in [5.74, 6) is 0.671. The fraction of sp³-hybridized carbons (Fsp3) is 0.500. The van der Waals surface area contributed by atoms with Gasteiger partial charge in [0.15, 0.2) is 5.78 Å². The Labute approximate surface area is 114 Å². The number of ketones is 1. The Hall–Kier alpha value is -1.64. The molecule has 0 radical (unpaired) electrons. The Morgan fingerprint density at radius 2 is 2.11 bits per heavy atom. The molecular weight excluding hydrogens is 238 g/mol. The molecule has 0 saturated heterocycles. The Balaban J connectivity index is 2.28. The number of hydrogen-bond donors (Lipinski definition) is 0. The molecule has 0 saturated carbocycles. The summed E-state index contributed by atoms with van der Waals surface area (Å²) >= 11 is 0. The summed E-state index contributed by atoms with van der Waals surface area (Å²) in [6.45, 7) is 4.84. The Morgan fingerprint density at radius 1 is 1.37 bits per heavy atom. The van der Waals surface area contributed by atoms with Gasteiger partial charge in [0.05, 0.1) is 5.69 Å². The summed E-state index contributed by atoms with van der Waals surface area (Å²) in [6.07, 6.45) is 2.84. The number of para-hydroxylation sites is 1. The van der Waals surface area contributed by atoms with E-state index in [1.807, 2.05) is 24.3 Å². The van der Waals surface area contributed by atoms with Crippen molar-refractivity contribution < 1.29 is 9.59 Å². The Kier molecular flexibility index (Phi) is 4.35. The number of carbonyl (C=O) groups excluding carboxylic acids is 2. The molecule has 0 aromatic heterocycles. The maximum absolute atomic E-state index is 12.4. The summed E-state index contributed by atoms with van der Waals surface area (Å²) in [6, 6.07) is 7.46. The first-order chi connectivity index (χ1) is 9.13. The molecule has 1 aliphatic heterocycles. The number of fused-ring (bicyclic) bond motifs is 1. The van der Waals surface area contributed by atoms with Crippen LogP contribution >= 0.6 is 0 Å². The number of rotatable bonds is 3. The minimum Gasteiger partial charge on any atom is -0.312 e. The van der Waals surface area contributed by atoms with Gasteiger partial charge in [-0.25, -0.2) is 0 Å². The second-order valence-electron chi connectivity index (χ2n) is 5.31. The molecule has 1 aromatic rings. The highest BCUT2D eigenvalue weighted by Gasteiger charge is 2.25. The highest BCUT2D eigenvalue weighted by Crippen LogP contribution is 2.27. The van der Waals surface area contributed by atoms with Crippen LogP contribution in [0.2, 0.25) is 0 Å². The van der Waals surface area contributed by atoms with Gasteiger partial charge in [0.25, 0.3) is 0 Å². The third kappa shape index (κ3) is 3.03. The van der Waals surface area contributed by atoms with Crippen molar-refractivity contribution in [1.29, 1.82) is 0 Å². The van der Waals surface area contributed by atoms with Crippen molar-refractivity contribution in [2.24, 2.45) is 5.92 Å². The molecule has 1 unspecified atom stereocenters. The van der Waals surface area contributed by atoms with Gasteiger partial charge in [-0.3, -0.25) is 9.59 Å². The van der Waals surface area contributed by atoms with Gasteiger partial charge in [-0.1, -0.05) is 32.4 Å². The molecule has 0 bridgehead atoms. The molecule has 1 heterocycles. The average Bonchev–Trinajstić information content (AvgIpc) is 2.58. The molecule has 1 amide bonds. The van der Waals surface area contributed by atoms with Crippen LogP contribution in [0.4, 0.5) is 5.69 Å². The van der Waals surface area contributed by atoms with Gasteiger partial charge in [0.2, 0.25) is 5.91 Å². The fourth-order valence-electron chi connectivity index (χ4n) is 2.41. The van der Waals surface area contributed by atoms with Crippen LogP contribution in [0.5, 0.6) is 0 Å². The smallest absolute Gasteiger partial charge is 0.227 e. The summed E-state index contributed by atoms with van der Waals surface area (Å²) in [7, 11) is 0. The zero-order chi connectivity index (χ0) is 13.8. The van der Waals surface area contributed by atoms with Gasteiger partial charge in [-0.05, 0) is 24.5 Å². The molecule has 0 N–H and O–H groups in total. The lowest BCUT2D eigenvalue weighted by Gasteiger charge is -2.23. The number of nitrogens with zero attached hydrogens (tertiary/aromatic N) is 1. The maximum Gasteiger partial charge on any atom is 0.227 e. The zero-order valence-corrected chi connectivity index (χ0v) is 11.7. The topological polar surface area (TPSA) is 37.4 Å². The number of benzene rings is 1. The van der Waals surface area contributed by atoms with E-state index in [1.54, 1.807) is 4.90 Å². The normalized spacial score (nSPS) is 16.7. The fourth-order valence-corrected chi connectivity index (χ4v) is 2.41. The number of amides is 1. The lowest BCUT2D eigenvalue weighted by molar-refractivity contribution is -0.119. The maximum atomic E-state index is 12.4. The van der Waals surface area contributed by atoms with Gasteiger partial charge < -0.3 is 4.90 Å². The van der Waals surface area contributed by atoms with E-state index in [2.05, 4.69) is 13.8 Å². The first kappa shape index (κ1) is 13.8. The second-order valence-corrected chi connectivity index (χ2v) is 5.31. The monoisotopic (exact) mass is 259 g/mol. The van der Waals surface area contributed by atoms with Crippen LogP contribution < -0.4 is 4.90 Å². The van der Waals surface area contributed by atoms with E-state index < -0.39 is 0 Å². The van der Waals surface area contributed by atoms with Crippen molar-refractivity contribution >= 4 is 17.4 Å². The van der Waals surface area contributed by atoms with Crippen molar-refractivity contribution in [3.05, 3.63) is 29.8 Å². The van der Waals surface area contributed by atoms with Crippen LogP contribution in [0.25, 0.3) is 0 Å². The largest absolute Gasteiger partial charge is 0.312 e. The minimum absolute atomic E-state index is 0.136. The predicted molar refractivity (Wildman–Crippen MR) is 76.4 cm³/mol. The molecule has 1 aliphatic rings. The van der Waals surface area contributed by atoms with E-state index in [0.717, 1.165) is 18.5 Å². The van der Waals surface area contributed by atoms with Crippen LogP contribution in [0.15, 0.2) is 24.3 Å². The molecule has 0 aliphatic carbocycles. The zero-order valence-electron chi connectivity index (χ0n) is 11.7. The molecule has 1 aromatic carbocycles. The molecule has 102 valence electrons. The summed E-state index contributed by atoms with van der Waals surface area (Å²) < 4.78 is 0. The van der Waals surface area contributed by atoms with E-state index in [1.165, 1.54) is 0 Å². The highest BCUT2D eigenvalue weighted by atomic mass is 16.2. The van der Waals surface area contributed by atoms with Crippen molar-refractivity contribution in [3.63, 3.8) is 0 Å². The van der Waals surface area contributed by atoms with Crippen LogP contribution in [0, 0.1) is 5.92 Å². The Morgan fingerprint density at radius 3 is 2.84 bits per heavy atom. The lowest BCUT2D eigenvalue weighted by atomic mass is 10.0. The molecular formula is C16H21NO2.